The Bertz CT molecular complexity index is 636. The standard InChI is InChI=1S/C18H25FN2O4.ClH/c1-12(21-8-6-14(7-9-21)18(23)24)17(22)20(2)11-13-4-5-16(25-3)15(19)10-13;/h4-5,10,12,14H,6-9,11H2,1-3H3,(H,23,24);1H. The zero-order valence-corrected chi connectivity index (χ0v) is 16.1. The average Bonchev–Trinajstić information content (AvgIpc) is 2.60. The molecule has 1 aliphatic heterocycles. The molecule has 1 heterocycles. The maximum Gasteiger partial charge on any atom is 0.306 e. The number of aliphatic carboxylic acids is 1. The fraction of sp³-hybridized carbons (Fsp3) is 0.556. The highest BCUT2D eigenvalue weighted by Crippen LogP contribution is 2.21. The molecule has 1 saturated heterocycles. The number of benzene rings is 1. The molecule has 6 nitrogen and oxygen atoms in total. The lowest BCUT2D eigenvalue weighted by molar-refractivity contribution is -0.144. The number of likely N-dealkylation sites (N-methyl/N-ethyl adjacent to an activating group) is 1. The maximum atomic E-state index is 13.8. The van der Waals surface area contributed by atoms with Crippen LogP contribution in [0.4, 0.5) is 4.39 Å². The quantitative estimate of drug-likeness (QED) is 0.810. The first-order valence-electron chi connectivity index (χ1n) is 8.37. The molecule has 26 heavy (non-hydrogen) atoms. The monoisotopic (exact) mass is 388 g/mol. The Labute approximate surface area is 159 Å². The van der Waals surface area contributed by atoms with E-state index in [-0.39, 0.29) is 36.0 Å². The van der Waals surface area contributed by atoms with Crippen LogP contribution in [0.5, 0.6) is 5.75 Å². The zero-order chi connectivity index (χ0) is 18.6. The van der Waals surface area contributed by atoms with Gasteiger partial charge in [0, 0.05) is 13.6 Å². The van der Waals surface area contributed by atoms with Gasteiger partial charge >= 0.3 is 5.97 Å². The van der Waals surface area contributed by atoms with Crippen LogP contribution in [0.25, 0.3) is 0 Å². The molecule has 1 atom stereocenters. The maximum absolute atomic E-state index is 13.8. The van der Waals surface area contributed by atoms with Crippen molar-refractivity contribution in [1.82, 2.24) is 9.80 Å². The molecule has 8 heteroatoms. The van der Waals surface area contributed by atoms with Crippen molar-refractivity contribution >= 4 is 24.3 Å². The van der Waals surface area contributed by atoms with Gasteiger partial charge in [0.05, 0.1) is 19.1 Å². The molecular formula is C18H26ClFN2O4. The second-order valence-corrected chi connectivity index (χ2v) is 6.49. The number of nitrogens with zero attached hydrogens (tertiary/aromatic N) is 2. The van der Waals surface area contributed by atoms with E-state index < -0.39 is 11.8 Å². The smallest absolute Gasteiger partial charge is 0.306 e. The van der Waals surface area contributed by atoms with Gasteiger partial charge in [0.15, 0.2) is 11.6 Å². The number of ether oxygens (including phenoxy) is 1. The van der Waals surface area contributed by atoms with Crippen LogP contribution in [-0.2, 0) is 16.1 Å². The molecule has 0 aromatic heterocycles. The van der Waals surface area contributed by atoms with Gasteiger partial charge in [-0.1, -0.05) is 6.07 Å². The van der Waals surface area contributed by atoms with Crippen molar-refractivity contribution in [3.8, 4) is 5.75 Å². The van der Waals surface area contributed by atoms with Gasteiger partial charge in [0.25, 0.3) is 0 Å². The molecule has 0 bridgehead atoms. The summed E-state index contributed by atoms with van der Waals surface area (Å²) in [5.74, 6) is -1.43. The number of amides is 1. The Hall–Kier alpha value is -1.86. The fourth-order valence-corrected chi connectivity index (χ4v) is 3.17. The summed E-state index contributed by atoms with van der Waals surface area (Å²) >= 11 is 0. The highest BCUT2D eigenvalue weighted by molar-refractivity contribution is 5.85. The summed E-state index contributed by atoms with van der Waals surface area (Å²) < 4.78 is 18.7. The van der Waals surface area contributed by atoms with Crippen molar-refractivity contribution in [3.05, 3.63) is 29.6 Å². The van der Waals surface area contributed by atoms with E-state index >= 15 is 0 Å². The van der Waals surface area contributed by atoms with E-state index in [4.69, 9.17) is 9.84 Å². The number of carboxylic acids is 1. The van der Waals surface area contributed by atoms with Crippen molar-refractivity contribution in [2.24, 2.45) is 5.92 Å². The Kier molecular flexibility index (Phi) is 8.30. The number of likely N-dealkylation sites (tertiary alicyclic amines) is 1. The normalized spacial score (nSPS) is 16.5. The molecular weight excluding hydrogens is 363 g/mol. The van der Waals surface area contributed by atoms with Crippen LogP contribution in [0.3, 0.4) is 0 Å². The molecule has 1 aromatic rings. The summed E-state index contributed by atoms with van der Waals surface area (Å²) in [5, 5.41) is 9.05. The van der Waals surface area contributed by atoms with Crippen LogP contribution in [-0.4, -0.2) is 60.1 Å². The van der Waals surface area contributed by atoms with E-state index in [0.29, 0.717) is 38.0 Å². The van der Waals surface area contributed by atoms with Gasteiger partial charge < -0.3 is 14.7 Å². The fourth-order valence-electron chi connectivity index (χ4n) is 3.17. The van der Waals surface area contributed by atoms with Crippen molar-refractivity contribution in [1.29, 1.82) is 0 Å². The van der Waals surface area contributed by atoms with Gasteiger partial charge in [0.1, 0.15) is 0 Å². The summed E-state index contributed by atoms with van der Waals surface area (Å²) in [6, 6.07) is 4.31. The van der Waals surface area contributed by atoms with Gasteiger partial charge in [-0.2, -0.15) is 0 Å². The third-order valence-electron chi connectivity index (χ3n) is 4.80. The molecule has 1 unspecified atom stereocenters. The Morgan fingerprint density at radius 1 is 1.38 bits per heavy atom. The first-order chi connectivity index (χ1) is 11.8. The number of carbonyl (C=O) groups excluding carboxylic acids is 1. The predicted molar refractivity (Wildman–Crippen MR) is 98.1 cm³/mol. The molecule has 0 aliphatic carbocycles. The highest BCUT2D eigenvalue weighted by atomic mass is 35.5. The second-order valence-electron chi connectivity index (χ2n) is 6.49. The van der Waals surface area contributed by atoms with Crippen LogP contribution in [0, 0.1) is 11.7 Å². The van der Waals surface area contributed by atoms with E-state index in [0.717, 1.165) is 0 Å². The summed E-state index contributed by atoms with van der Waals surface area (Å²) in [5.41, 5.74) is 0.686. The van der Waals surface area contributed by atoms with E-state index in [1.807, 2.05) is 11.8 Å². The largest absolute Gasteiger partial charge is 0.494 e. The number of carbonyl (C=O) groups is 2. The second kappa shape index (κ2) is 9.73. The summed E-state index contributed by atoms with van der Waals surface area (Å²) in [4.78, 5) is 27.2. The number of halogens is 2. The molecule has 146 valence electrons. The number of methoxy groups -OCH3 is 1. The Balaban J connectivity index is 0.00000338. The molecule has 1 N–H and O–H groups in total. The van der Waals surface area contributed by atoms with Crippen LogP contribution in [0.15, 0.2) is 18.2 Å². The average molecular weight is 389 g/mol. The third-order valence-corrected chi connectivity index (χ3v) is 4.80. The first kappa shape index (κ1) is 22.2. The number of hydrogen-bond donors (Lipinski definition) is 1. The van der Waals surface area contributed by atoms with E-state index in [9.17, 15) is 14.0 Å². The number of hydrogen-bond acceptors (Lipinski definition) is 4. The number of piperidine rings is 1. The van der Waals surface area contributed by atoms with Crippen molar-refractivity contribution in [3.63, 3.8) is 0 Å². The summed E-state index contributed by atoms with van der Waals surface area (Å²) in [7, 11) is 3.09. The Morgan fingerprint density at radius 3 is 2.50 bits per heavy atom. The molecule has 2 rings (SSSR count). The van der Waals surface area contributed by atoms with Gasteiger partial charge in [-0.25, -0.2) is 4.39 Å². The van der Waals surface area contributed by atoms with E-state index in [2.05, 4.69) is 0 Å². The topological polar surface area (TPSA) is 70.1 Å². The van der Waals surface area contributed by atoms with Crippen molar-refractivity contribution in [2.45, 2.75) is 32.4 Å². The molecule has 1 fully saturated rings. The molecule has 1 aliphatic rings. The molecule has 0 saturated carbocycles. The molecule has 0 radical (unpaired) electrons. The lowest BCUT2D eigenvalue weighted by Crippen LogP contribution is -2.49. The minimum Gasteiger partial charge on any atom is -0.494 e. The molecule has 0 spiro atoms. The molecule has 1 amide bonds. The van der Waals surface area contributed by atoms with E-state index in [1.165, 1.54) is 13.2 Å². The van der Waals surface area contributed by atoms with Gasteiger partial charge in [-0.3, -0.25) is 14.5 Å². The number of carboxylic acid groups (broad SMARTS) is 1. The minimum absolute atomic E-state index is 0. The summed E-state index contributed by atoms with van der Waals surface area (Å²) in [6.07, 6.45) is 1.11. The molecule has 1 aromatic carbocycles. The van der Waals surface area contributed by atoms with Crippen LogP contribution < -0.4 is 4.74 Å². The lowest BCUT2D eigenvalue weighted by Gasteiger charge is -2.35. The van der Waals surface area contributed by atoms with Gasteiger partial charge in [-0.15, -0.1) is 12.4 Å². The van der Waals surface area contributed by atoms with Gasteiger partial charge in [0.2, 0.25) is 5.91 Å². The van der Waals surface area contributed by atoms with Gasteiger partial charge in [-0.05, 0) is 50.6 Å². The Morgan fingerprint density at radius 2 is 2.00 bits per heavy atom. The van der Waals surface area contributed by atoms with Crippen LogP contribution in [0.1, 0.15) is 25.3 Å². The number of rotatable bonds is 6. The van der Waals surface area contributed by atoms with Crippen molar-refractivity contribution < 1.29 is 23.8 Å². The van der Waals surface area contributed by atoms with E-state index in [1.54, 1.807) is 24.1 Å². The first-order valence-corrected chi connectivity index (χ1v) is 8.37. The minimum atomic E-state index is -0.766. The van der Waals surface area contributed by atoms with Crippen LogP contribution >= 0.6 is 12.4 Å². The lowest BCUT2D eigenvalue weighted by atomic mass is 9.96. The SMILES string of the molecule is COc1ccc(CN(C)C(=O)C(C)N2CCC(C(=O)O)CC2)cc1F.Cl. The predicted octanol–water partition coefficient (Wildman–Crippen LogP) is 2.40. The third kappa shape index (κ3) is 5.32. The van der Waals surface area contributed by atoms with Crippen molar-refractivity contribution in [2.75, 3.05) is 27.2 Å². The highest BCUT2D eigenvalue weighted by Gasteiger charge is 2.30. The van der Waals surface area contributed by atoms with Crippen LogP contribution in [0.2, 0.25) is 0 Å². The zero-order valence-electron chi connectivity index (χ0n) is 15.3. The summed E-state index contributed by atoms with van der Waals surface area (Å²) in [6.45, 7) is 3.31.